The Hall–Kier alpha value is -0.870. The quantitative estimate of drug-likeness (QED) is 0.890. The summed E-state index contributed by atoms with van der Waals surface area (Å²) in [4.78, 5) is 0.380. The monoisotopic (exact) mass is 323 g/mol. The first-order valence-corrected chi connectivity index (χ1v) is 9.89. The highest BCUT2D eigenvalue weighted by Crippen LogP contribution is 2.30. The van der Waals surface area contributed by atoms with Crippen molar-refractivity contribution in [2.45, 2.75) is 64.3 Å². The smallest absolute Gasteiger partial charge is 0.208 e. The lowest BCUT2D eigenvalue weighted by Crippen LogP contribution is -2.43. The van der Waals surface area contributed by atoms with Gasteiger partial charge in [0.05, 0.1) is 4.90 Å². The van der Waals surface area contributed by atoms with Gasteiger partial charge in [-0.05, 0) is 48.3 Å². The van der Waals surface area contributed by atoms with Gasteiger partial charge >= 0.3 is 0 Å². The predicted molar refractivity (Wildman–Crippen MR) is 91.3 cm³/mol. The fraction of sp³-hybridized carbons (Fsp3) is 0.667. The van der Waals surface area contributed by atoms with Crippen LogP contribution in [-0.4, -0.2) is 14.5 Å². The Morgan fingerprint density at radius 3 is 2.36 bits per heavy atom. The van der Waals surface area contributed by atoms with Crippen LogP contribution in [-0.2, 0) is 16.4 Å². The fourth-order valence-electron chi connectivity index (χ4n) is 3.29. The van der Waals surface area contributed by atoms with Gasteiger partial charge in [0.15, 0.2) is 0 Å². The summed E-state index contributed by atoms with van der Waals surface area (Å²) in [6.07, 6.45) is 4.22. The van der Waals surface area contributed by atoms with Gasteiger partial charge in [0, 0.05) is 6.04 Å². The lowest BCUT2D eigenvalue weighted by Gasteiger charge is -2.34. The van der Waals surface area contributed by atoms with Gasteiger partial charge in [-0.1, -0.05) is 52.7 Å². The minimum atomic E-state index is -3.41. The van der Waals surface area contributed by atoms with Crippen molar-refractivity contribution in [2.75, 3.05) is 0 Å². The van der Waals surface area contributed by atoms with Gasteiger partial charge in [0.2, 0.25) is 10.0 Å². The van der Waals surface area contributed by atoms with Crippen LogP contribution < -0.4 is 4.72 Å². The van der Waals surface area contributed by atoms with E-state index in [1.165, 1.54) is 12.0 Å². The second kappa shape index (κ2) is 7.14. The zero-order valence-electron chi connectivity index (χ0n) is 14.2. The van der Waals surface area contributed by atoms with Crippen molar-refractivity contribution < 1.29 is 8.42 Å². The molecule has 1 aromatic rings. The van der Waals surface area contributed by atoms with E-state index in [1.54, 1.807) is 12.1 Å². The van der Waals surface area contributed by atoms with Gasteiger partial charge < -0.3 is 0 Å². The average Bonchev–Trinajstić information content (AvgIpc) is 2.44. The molecular weight excluding hydrogens is 294 g/mol. The first-order chi connectivity index (χ1) is 10.3. The summed E-state index contributed by atoms with van der Waals surface area (Å²) in [5, 5.41) is 0. The molecule has 4 heteroatoms. The summed E-state index contributed by atoms with van der Waals surface area (Å²) in [5.41, 5.74) is 1.19. The third-order valence-electron chi connectivity index (χ3n) is 4.89. The molecule has 2 rings (SSSR count). The molecule has 22 heavy (non-hydrogen) atoms. The molecule has 1 aliphatic rings. The summed E-state index contributed by atoms with van der Waals surface area (Å²) in [5.74, 6) is 1.55. The third kappa shape index (κ3) is 4.32. The molecule has 0 bridgehead atoms. The Morgan fingerprint density at radius 1 is 1.14 bits per heavy atom. The molecule has 0 radical (unpaired) electrons. The van der Waals surface area contributed by atoms with E-state index in [0.717, 1.165) is 19.3 Å². The SMILES string of the molecule is CC(C)Cc1ccc(S(=O)(=O)NC2CCCC(C)C2C)cc1. The number of nitrogens with one attached hydrogen (secondary N) is 1. The van der Waals surface area contributed by atoms with Gasteiger partial charge in [-0.25, -0.2) is 13.1 Å². The molecule has 0 heterocycles. The topological polar surface area (TPSA) is 46.2 Å². The van der Waals surface area contributed by atoms with Crippen molar-refractivity contribution in [2.24, 2.45) is 17.8 Å². The van der Waals surface area contributed by atoms with Crippen LogP contribution in [0.3, 0.4) is 0 Å². The standard InChI is InChI=1S/C18H29NO2S/c1-13(2)12-16-8-10-17(11-9-16)22(20,21)19-18-7-5-6-14(3)15(18)4/h8-11,13-15,18-19H,5-7,12H2,1-4H3. The molecule has 1 aliphatic carbocycles. The molecule has 1 aromatic carbocycles. The molecule has 3 nitrogen and oxygen atoms in total. The molecule has 0 aliphatic heterocycles. The summed E-state index contributed by atoms with van der Waals surface area (Å²) < 4.78 is 28.1. The van der Waals surface area contributed by atoms with Crippen molar-refractivity contribution in [1.82, 2.24) is 4.72 Å². The Kier molecular flexibility index (Phi) is 5.67. The van der Waals surface area contributed by atoms with Gasteiger partial charge in [0.1, 0.15) is 0 Å². The van der Waals surface area contributed by atoms with Crippen LogP contribution >= 0.6 is 0 Å². The summed E-state index contributed by atoms with van der Waals surface area (Å²) in [7, 11) is -3.41. The molecule has 124 valence electrons. The Labute approximate surface area is 135 Å². The maximum absolute atomic E-state index is 12.6. The van der Waals surface area contributed by atoms with Crippen molar-refractivity contribution >= 4 is 10.0 Å². The van der Waals surface area contributed by atoms with Crippen LogP contribution in [0.15, 0.2) is 29.2 Å². The predicted octanol–water partition coefficient (Wildman–Crippen LogP) is 3.99. The molecule has 3 atom stereocenters. The van der Waals surface area contributed by atoms with Crippen molar-refractivity contribution in [3.63, 3.8) is 0 Å². The Bertz CT molecular complexity index is 578. The van der Waals surface area contributed by atoms with E-state index in [2.05, 4.69) is 32.4 Å². The van der Waals surface area contributed by atoms with Gasteiger partial charge in [-0.2, -0.15) is 0 Å². The van der Waals surface area contributed by atoms with E-state index >= 15 is 0 Å². The second-order valence-corrected chi connectivity index (χ2v) is 8.95. The molecule has 0 amide bonds. The van der Waals surface area contributed by atoms with E-state index in [-0.39, 0.29) is 6.04 Å². The summed E-state index contributed by atoms with van der Waals surface area (Å²) in [6.45, 7) is 8.70. The highest BCUT2D eigenvalue weighted by atomic mass is 32.2. The zero-order valence-corrected chi connectivity index (χ0v) is 15.0. The van der Waals surface area contributed by atoms with Gasteiger partial charge in [0.25, 0.3) is 0 Å². The fourth-order valence-corrected chi connectivity index (χ4v) is 4.65. The van der Waals surface area contributed by atoms with Gasteiger partial charge in [-0.3, -0.25) is 0 Å². The highest BCUT2D eigenvalue weighted by molar-refractivity contribution is 7.89. The first kappa shape index (κ1) is 17.5. The maximum atomic E-state index is 12.6. The van der Waals surface area contributed by atoms with Crippen molar-refractivity contribution in [3.05, 3.63) is 29.8 Å². The van der Waals surface area contributed by atoms with E-state index in [0.29, 0.717) is 22.6 Å². The molecule has 1 fully saturated rings. The highest BCUT2D eigenvalue weighted by Gasteiger charge is 2.30. The van der Waals surface area contributed by atoms with E-state index in [1.807, 2.05) is 12.1 Å². The Morgan fingerprint density at radius 2 is 1.77 bits per heavy atom. The second-order valence-electron chi connectivity index (χ2n) is 7.24. The molecule has 1 saturated carbocycles. The molecule has 1 N–H and O–H groups in total. The zero-order chi connectivity index (χ0) is 16.3. The average molecular weight is 324 g/mol. The number of benzene rings is 1. The van der Waals surface area contributed by atoms with Crippen molar-refractivity contribution in [3.8, 4) is 0 Å². The van der Waals surface area contributed by atoms with Crippen LogP contribution in [0.1, 0.15) is 52.5 Å². The minimum absolute atomic E-state index is 0.0593. The molecular formula is C18H29NO2S. The number of rotatable bonds is 5. The van der Waals surface area contributed by atoms with Crippen LogP contribution in [0.5, 0.6) is 0 Å². The van der Waals surface area contributed by atoms with E-state index in [4.69, 9.17) is 0 Å². The number of hydrogen-bond acceptors (Lipinski definition) is 2. The lowest BCUT2D eigenvalue weighted by molar-refractivity contribution is 0.227. The number of sulfonamides is 1. The molecule has 0 aromatic heterocycles. The normalized spacial score (nSPS) is 26.3. The summed E-state index contributed by atoms with van der Waals surface area (Å²) >= 11 is 0. The lowest BCUT2D eigenvalue weighted by atomic mass is 9.78. The van der Waals surface area contributed by atoms with E-state index < -0.39 is 10.0 Å². The van der Waals surface area contributed by atoms with Crippen LogP contribution in [0.4, 0.5) is 0 Å². The first-order valence-electron chi connectivity index (χ1n) is 8.41. The maximum Gasteiger partial charge on any atom is 0.240 e. The molecule has 0 spiro atoms. The number of hydrogen-bond donors (Lipinski definition) is 1. The van der Waals surface area contributed by atoms with Crippen LogP contribution in [0.2, 0.25) is 0 Å². The Balaban J connectivity index is 2.09. The van der Waals surface area contributed by atoms with Gasteiger partial charge in [-0.15, -0.1) is 0 Å². The van der Waals surface area contributed by atoms with E-state index in [9.17, 15) is 8.42 Å². The van der Waals surface area contributed by atoms with Crippen LogP contribution in [0.25, 0.3) is 0 Å². The molecule has 3 unspecified atom stereocenters. The van der Waals surface area contributed by atoms with Crippen LogP contribution in [0, 0.1) is 17.8 Å². The molecule has 0 saturated heterocycles. The largest absolute Gasteiger partial charge is 0.240 e. The minimum Gasteiger partial charge on any atom is -0.208 e. The van der Waals surface area contributed by atoms with Crippen molar-refractivity contribution in [1.29, 1.82) is 0 Å². The third-order valence-corrected chi connectivity index (χ3v) is 6.40. The summed E-state index contributed by atoms with van der Waals surface area (Å²) in [6, 6.07) is 7.39.